The summed E-state index contributed by atoms with van der Waals surface area (Å²) in [5.74, 6) is -0.176. The Morgan fingerprint density at radius 2 is 1.96 bits per heavy atom. The number of nitrogens with zero attached hydrogens (tertiary/aromatic N) is 1. The van der Waals surface area contributed by atoms with Crippen LogP contribution in [-0.2, 0) is 10.0 Å². The minimum Gasteiger partial charge on any atom is -0.339 e. The number of anilines is 1. The van der Waals surface area contributed by atoms with E-state index in [-0.39, 0.29) is 24.0 Å². The fourth-order valence-electron chi connectivity index (χ4n) is 3.56. The monoisotopic (exact) mass is 407 g/mol. The Labute approximate surface area is 159 Å². The molecule has 2 fully saturated rings. The number of hydrogen-bond acceptors (Lipinski definition) is 4. The highest BCUT2D eigenvalue weighted by atomic mass is 35.5. The van der Waals surface area contributed by atoms with E-state index in [2.05, 4.69) is 10.0 Å². The van der Waals surface area contributed by atoms with Crippen molar-refractivity contribution in [3.05, 3.63) is 28.8 Å². The van der Waals surface area contributed by atoms with Gasteiger partial charge in [-0.15, -0.1) is 12.4 Å². The fourth-order valence-corrected chi connectivity index (χ4v) is 4.31. The molecule has 2 heterocycles. The summed E-state index contributed by atoms with van der Waals surface area (Å²) in [6.07, 6.45) is 4.17. The van der Waals surface area contributed by atoms with E-state index in [4.69, 9.17) is 11.6 Å². The third-order valence-electron chi connectivity index (χ3n) is 4.95. The van der Waals surface area contributed by atoms with Gasteiger partial charge in [0.05, 0.1) is 17.5 Å². The summed E-state index contributed by atoms with van der Waals surface area (Å²) in [5, 5.41) is 3.81. The van der Waals surface area contributed by atoms with Crippen molar-refractivity contribution in [2.45, 2.75) is 19.3 Å². The van der Waals surface area contributed by atoms with E-state index in [1.54, 1.807) is 11.0 Å². The average Bonchev–Trinajstić information content (AvgIpc) is 2.96. The van der Waals surface area contributed by atoms with Crippen LogP contribution < -0.4 is 10.0 Å². The van der Waals surface area contributed by atoms with Crippen molar-refractivity contribution < 1.29 is 13.2 Å². The van der Waals surface area contributed by atoms with E-state index < -0.39 is 10.0 Å². The molecule has 0 atom stereocenters. The number of nitrogens with one attached hydrogen (secondary N) is 2. The van der Waals surface area contributed by atoms with Crippen molar-refractivity contribution in [3.63, 3.8) is 0 Å². The first-order chi connectivity index (χ1) is 11.3. The van der Waals surface area contributed by atoms with Crippen molar-refractivity contribution in [1.82, 2.24) is 10.2 Å². The zero-order chi connectivity index (χ0) is 17.4. The first kappa shape index (κ1) is 20.3. The van der Waals surface area contributed by atoms with Crippen LogP contribution in [0.25, 0.3) is 0 Å². The molecule has 2 aliphatic heterocycles. The maximum atomic E-state index is 12.9. The number of carbonyl (C=O) groups is 1. The zero-order valence-corrected chi connectivity index (χ0v) is 16.4. The number of halogens is 2. The molecule has 1 aromatic rings. The Morgan fingerprint density at radius 3 is 2.52 bits per heavy atom. The van der Waals surface area contributed by atoms with Crippen LogP contribution in [0, 0.1) is 5.41 Å². The van der Waals surface area contributed by atoms with Crippen LogP contribution in [0.15, 0.2) is 18.2 Å². The fraction of sp³-hybridized carbons (Fsp3) is 0.562. The molecule has 2 saturated heterocycles. The summed E-state index contributed by atoms with van der Waals surface area (Å²) in [4.78, 5) is 14.7. The lowest BCUT2D eigenvalue weighted by Crippen LogP contribution is -2.44. The maximum absolute atomic E-state index is 12.9. The Hall–Kier alpha value is -1.02. The molecule has 6 nitrogen and oxygen atoms in total. The number of sulfonamides is 1. The molecule has 0 aliphatic carbocycles. The number of amides is 1. The standard InChI is InChI=1S/C16H22ClN3O3S.ClH/c1-24(22,23)19-14-3-2-12(17)10-13(14)15(21)20-8-5-16(6-9-20)4-7-18-11-16;/h2-3,10,18-19H,4-9,11H2,1H3;1H. The highest BCUT2D eigenvalue weighted by molar-refractivity contribution is 7.92. The summed E-state index contributed by atoms with van der Waals surface area (Å²) in [5.41, 5.74) is 0.891. The summed E-state index contributed by atoms with van der Waals surface area (Å²) in [6.45, 7) is 3.44. The molecule has 25 heavy (non-hydrogen) atoms. The third kappa shape index (κ3) is 4.78. The molecule has 3 rings (SSSR count). The normalized spacial score (nSPS) is 19.5. The van der Waals surface area contributed by atoms with Crippen molar-refractivity contribution in [2.75, 3.05) is 37.2 Å². The van der Waals surface area contributed by atoms with Crippen LogP contribution in [-0.4, -0.2) is 51.7 Å². The number of piperidine rings is 1. The van der Waals surface area contributed by atoms with E-state index in [0.717, 1.165) is 38.6 Å². The van der Waals surface area contributed by atoms with Crippen LogP contribution in [0.4, 0.5) is 5.69 Å². The average molecular weight is 408 g/mol. The summed E-state index contributed by atoms with van der Waals surface area (Å²) < 4.78 is 25.5. The van der Waals surface area contributed by atoms with Gasteiger partial charge in [0.1, 0.15) is 0 Å². The predicted molar refractivity (Wildman–Crippen MR) is 102 cm³/mol. The van der Waals surface area contributed by atoms with E-state index in [9.17, 15) is 13.2 Å². The second-order valence-electron chi connectivity index (χ2n) is 6.78. The molecule has 140 valence electrons. The zero-order valence-electron chi connectivity index (χ0n) is 14.0. The first-order valence-corrected chi connectivity index (χ1v) is 10.3. The minimum atomic E-state index is -3.47. The van der Waals surface area contributed by atoms with Gasteiger partial charge >= 0.3 is 0 Å². The number of benzene rings is 1. The molecule has 0 bridgehead atoms. The van der Waals surface area contributed by atoms with Crippen LogP contribution >= 0.6 is 24.0 Å². The van der Waals surface area contributed by atoms with Crippen LogP contribution in [0.2, 0.25) is 5.02 Å². The lowest BCUT2D eigenvalue weighted by molar-refractivity contribution is 0.0608. The first-order valence-electron chi connectivity index (χ1n) is 8.05. The minimum absolute atomic E-state index is 0. The number of rotatable bonds is 3. The van der Waals surface area contributed by atoms with Crippen LogP contribution in [0.5, 0.6) is 0 Å². The highest BCUT2D eigenvalue weighted by Gasteiger charge is 2.38. The number of likely N-dealkylation sites (tertiary alicyclic amines) is 1. The topological polar surface area (TPSA) is 78.5 Å². The Balaban J connectivity index is 0.00000225. The molecule has 1 aromatic carbocycles. The van der Waals surface area contributed by atoms with Crippen molar-refractivity contribution in [2.24, 2.45) is 5.41 Å². The third-order valence-corrected chi connectivity index (χ3v) is 5.78. The van der Waals surface area contributed by atoms with Crippen molar-refractivity contribution in [1.29, 1.82) is 0 Å². The van der Waals surface area contributed by atoms with Gasteiger partial charge in [-0.3, -0.25) is 9.52 Å². The van der Waals surface area contributed by atoms with Crippen molar-refractivity contribution >= 4 is 45.6 Å². The van der Waals surface area contributed by atoms with Crippen LogP contribution in [0.1, 0.15) is 29.6 Å². The molecule has 9 heteroatoms. The Kier molecular flexibility index (Phi) is 6.25. The lowest BCUT2D eigenvalue weighted by atomic mass is 9.78. The number of hydrogen-bond donors (Lipinski definition) is 2. The maximum Gasteiger partial charge on any atom is 0.256 e. The van der Waals surface area contributed by atoms with Crippen molar-refractivity contribution in [3.8, 4) is 0 Å². The smallest absolute Gasteiger partial charge is 0.256 e. The Bertz CT molecular complexity index is 739. The predicted octanol–water partition coefficient (Wildman–Crippen LogP) is 2.35. The van der Waals surface area contributed by atoms with Gasteiger partial charge in [-0.25, -0.2) is 8.42 Å². The van der Waals surface area contributed by atoms with Gasteiger partial charge < -0.3 is 10.2 Å². The van der Waals surface area contributed by atoms with Gasteiger partial charge in [-0.05, 0) is 49.4 Å². The molecule has 0 radical (unpaired) electrons. The molecular weight excluding hydrogens is 385 g/mol. The lowest BCUT2D eigenvalue weighted by Gasteiger charge is -2.39. The molecule has 0 unspecified atom stereocenters. The second-order valence-corrected chi connectivity index (χ2v) is 8.97. The van der Waals surface area contributed by atoms with E-state index in [1.807, 2.05) is 0 Å². The molecular formula is C16H23Cl2N3O3S. The van der Waals surface area contributed by atoms with Gasteiger partial charge in [0.25, 0.3) is 5.91 Å². The van der Waals surface area contributed by atoms with Gasteiger partial charge in [-0.1, -0.05) is 11.6 Å². The second kappa shape index (κ2) is 7.70. The highest BCUT2D eigenvalue weighted by Crippen LogP contribution is 2.37. The van der Waals surface area contributed by atoms with E-state index in [0.29, 0.717) is 29.1 Å². The molecule has 2 aliphatic rings. The molecule has 0 saturated carbocycles. The molecule has 1 amide bonds. The van der Waals surface area contributed by atoms with Gasteiger partial charge in [0.2, 0.25) is 10.0 Å². The van der Waals surface area contributed by atoms with Gasteiger partial charge in [0.15, 0.2) is 0 Å². The van der Waals surface area contributed by atoms with Gasteiger partial charge in [0, 0.05) is 24.7 Å². The Morgan fingerprint density at radius 1 is 1.28 bits per heavy atom. The van der Waals surface area contributed by atoms with Gasteiger partial charge in [-0.2, -0.15) is 0 Å². The largest absolute Gasteiger partial charge is 0.339 e. The number of carbonyl (C=O) groups excluding carboxylic acids is 1. The van der Waals surface area contributed by atoms with E-state index >= 15 is 0 Å². The summed E-state index contributed by atoms with van der Waals surface area (Å²) >= 11 is 6.01. The quantitative estimate of drug-likeness (QED) is 0.805. The summed E-state index contributed by atoms with van der Waals surface area (Å²) in [6, 6.07) is 4.63. The molecule has 2 N–H and O–H groups in total. The SMILES string of the molecule is CS(=O)(=O)Nc1ccc(Cl)cc1C(=O)N1CCC2(CCNC2)CC1.Cl. The molecule has 0 aromatic heterocycles. The van der Waals surface area contributed by atoms with E-state index in [1.165, 1.54) is 12.1 Å². The van der Waals surface area contributed by atoms with Crippen LogP contribution in [0.3, 0.4) is 0 Å². The molecule has 1 spiro atoms. The summed E-state index contributed by atoms with van der Waals surface area (Å²) in [7, 11) is -3.47.